The van der Waals surface area contributed by atoms with Gasteiger partial charge in [0.05, 0.1) is 18.4 Å². The Morgan fingerprint density at radius 3 is 2.29 bits per heavy atom. The Morgan fingerprint density at radius 1 is 0.971 bits per heavy atom. The van der Waals surface area contributed by atoms with Gasteiger partial charge in [0, 0.05) is 6.54 Å². The highest BCUT2D eigenvalue weighted by molar-refractivity contribution is 5.85. The van der Waals surface area contributed by atoms with E-state index < -0.39 is 11.9 Å². The molecule has 1 fully saturated rings. The van der Waals surface area contributed by atoms with Crippen molar-refractivity contribution in [2.75, 3.05) is 33.8 Å². The molecule has 1 amide bonds. The molecule has 2 atom stereocenters. The summed E-state index contributed by atoms with van der Waals surface area (Å²) >= 11 is 0. The molecule has 1 aliphatic heterocycles. The van der Waals surface area contributed by atoms with E-state index in [0.29, 0.717) is 19.6 Å². The van der Waals surface area contributed by atoms with Crippen molar-refractivity contribution in [3.05, 3.63) is 65.7 Å². The van der Waals surface area contributed by atoms with Gasteiger partial charge in [-0.3, -0.25) is 9.59 Å². The van der Waals surface area contributed by atoms with Crippen molar-refractivity contribution in [3.63, 3.8) is 0 Å². The van der Waals surface area contributed by atoms with Crippen LogP contribution in [0.1, 0.15) is 49.7 Å². The first-order valence-electron chi connectivity index (χ1n) is 12.8. The molecule has 2 aromatic rings. The quantitative estimate of drug-likeness (QED) is 0.375. The molecule has 0 radical (unpaired) electrons. The van der Waals surface area contributed by atoms with Gasteiger partial charge in [0.1, 0.15) is 12.4 Å². The van der Waals surface area contributed by atoms with Crippen molar-refractivity contribution in [2.24, 2.45) is 5.92 Å². The maximum Gasteiger partial charge on any atom is 0.304 e. The van der Waals surface area contributed by atoms with Gasteiger partial charge in [0.15, 0.2) is 0 Å². The van der Waals surface area contributed by atoms with Gasteiger partial charge in [0.25, 0.3) is 0 Å². The number of carbonyl (C=O) groups excluding carboxylic acids is 1. The van der Waals surface area contributed by atoms with Crippen LogP contribution in [0.15, 0.2) is 54.6 Å². The molecule has 0 spiro atoms. The van der Waals surface area contributed by atoms with Gasteiger partial charge in [0.2, 0.25) is 5.91 Å². The van der Waals surface area contributed by atoms with E-state index in [4.69, 9.17) is 4.74 Å². The van der Waals surface area contributed by atoms with E-state index in [9.17, 15) is 14.7 Å². The van der Waals surface area contributed by atoms with Crippen LogP contribution >= 0.6 is 0 Å². The number of hydrogen-bond donors (Lipinski definition) is 1. The van der Waals surface area contributed by atoms with Crippen LogP contribution in [0.5, 0.6) is 5.75 Å². The van der Waals surface area contributed by atoms with Crippen molar-refractivity contribution < 1.29 is 19.4 Å². The van der Waals surface area contributed by atoms with Crippen LogP contribution in [0.3, 0.4) is 0 Å². The number of aliphatic carboxylic acids is 1. The number of hydrogen-bond acceptors (Lipinski definition) is 4. The summed E-state index contributed by atoms with van der Waals surface area (Å²) in [6.45, 7) is 2.14. The van der Waals surface area contributed by atoms with Gasteiger partial charge in [-0.15, -0.1) is 0 Å². The number of carboxylic acids is 1. The lowest BCUT2D eigenvalue weighted by Crippen LogP contribution is -2.38. The van der Waals surface area contributed by atoms with Gasteiger partial charge >= 0.3 is 5.97 Å². The number of carboxylic acid groups (broad SMARTS) is 1. The van der Waals surface area contributed by atoms with Gasteiger partial charge in [-0.1, -0.05) is 42.5 Å². The van der Waals surface area contributed by atoms with Crippen LogP contribution in [0.25, 0.3) is 0 Å². The molecular weight excluding hydrogens is 440 g/mol. The zero-order valence-corrected chi connectivity index (χ0v) is 21.2. The van der Waals surface area contributed by atoms with Crippen LogP contribution in [-0.4, -0.2) is 66.6 Å². The molecule has 190 valence electrons. The van der Waals surface area contributed by atoms with Crippen molar-refractivity contribution >= 4 is 11.9 Å². The zero-order chi connectivity index (χ0) is 25.0. The highest BCUT2D eigenvalue weighted by Crippen LogP contribution is 2.29. The van der Waals surface area contributed by atoms with E-state index >= 15 is 0 Å². The normalized spacial score (nSPS) is 17.8. The van der Waals surface area contributed by atoms with Crippen molar-refractivity contribution in [2.45, 2.75) is 57.4 Å². The molecule has 3 rings (SSSR count). The Morgan fingerprint density at radius 2 is 1.63 bits per heavy atom. The van der Waals surface area contributed by atoms with E-state index in [0.717, 1.165) is 44.4 Å². The molecular formula is C29H40N2O4. The summed E-state index contributed by atoms with van der Waals surface area (Å²) < 4.78 is 6.06. The summed E-state index contributed by atoms with van der Waals surface area (Å²) in [5.41, 5.74) is 2.60. The van der Waals surface area contributed by atoms with Crippen LogP contribution in [-0.2, 0) is 22.4 Å². The second kappa shape index (κ2) is 13.9. The van der Waals surface area contributed by atoms with Crippen LogP contribution < -0.4 is 4.74 Å². The smallest absolute Gasteiger partial charge is 0.304 e. The first-order chi connectivity index (χ1) is 16.9. The predicted molar refractivity (Wildman–Crippen MR) is 139 cm³/mol. The second-order valence-electron chi connectivity index (χ2n) is 9.87. The molecule has 0 saturated carbocycles. The molecule has 0 bridgehead atoms. The van der Waals surface area contributed by atoms with E-state index in [1.807, 2.05) is 35.2 Å². The van der Waals surface area contributed by atoms with Gasteiger partial charge in [-0.2, -0.15) is 0 Å². The van der Waals surface area contributed by atoms with Gasteiger partial charge < -0.3 is 19.6 Å². The molecule has 2 aromatic carbocycles. The molecule has 6 nitrogen and oxygen atoms in total. The number of ether oxygens (including phenoxy) is 1. The van der Waals surface area contributed by atoms with Crippen molar-refractivity contribution in [3.8, 4) is 5.75 Å². The minimum Gasteiger partial charge on any atom is -0.491 e. The van der Waals surface area contributed by atoms with E-state index in [1.54, 1.807) is 0 Å². The Hall–Kier alpha value is -2.86. The molecule has 1 aliphatic rings. The number of benzene rings is 2. The summed E-state index contributed by atoms with van der Waals surface area (Å²) in [5.74, 6) is -0.635. The molecule has 0 unspecified atom stereocenters. The maximum absolute atomic E-state index is 12.9. The number of rotatable bonds is 15. The minimum absolute atomic E-state index is 0.0474. The average Bonchev–Trinajstić information content (AvgIpc) is 3.13. The topological polar surface area (TPSA) is 70.1 Å². The third-order valence-corrected chi connectivity index (χ3v) is 6.69. The number of amides is 1. The molecule has 0 aliphatic carbocycles. The summed E-state index contributed by atoms with van der Waals surface area (Å²) in [4.78, 5) is 28.3. The lowest BCUT2D eigenvalue weighted by Gasteiger charge is -2.25. The number of unbranched alkanes of at least 4 members (excludes halogenated alkanes) is 2. The fourth-order valence-electron chi connectivity index (χ4n) is 4.76. The van der Waals surface area contributed by atoms with E-state index in [-0.39, 0.29) is 18.4 Å². The molecule has 6 heteroatoms. The summed E-state index contributed by atoms with van der Waals surface area (Å²) in [7, 11) is 4.19. The standard InChI is InChI=1S/C29H40N2O4/c1-30(2)18-8-6-13-24-14-16-27(17-15-24)35-22-26-20-25(21-28(32)33)29(34)31(26)19-9-7-12-23-10-4-3-5-11-23/h3-5,10-11,14-17,25-26H,6-9,12-13,18-22H2,1-2H3,(H,32,33)/t25-,26-/m0/s1. The molecule has 35 heavy (non-hydrogen) atoms. The molecule has 0 aromatic heterocycles. The van der Waals surface area contributed by atoms with Crippen LogP contribution in [0.2, 0.25) is 0 Å². The molecule has 1 N–H and O–H groups in total. The first kappa shape index (κ1) is 26.7. The largest absolute Gasteiger partial charge is 0.491 e. The second-order valence-corrected chi connectivity index (χ2v) is 9.87. The molecule has 1 saturated heterocycles. The Bertz CT molecular complexity index is 914. The van der Waals surface area contributed by atoms with E-state index in [2.05, 4.69) is 43.3 Å². The number of aryl methyl sites for hydroxylation is 2. The Labute approximate surface area is 209 Å². The summed E-state index contributed by atoms with van der Waals surface area (Å²) in [5, 5.41) is 9.24. The number of likely N-dealkylation sites (tertiary alicyclic amines) is 1. The average molecular weight is 481 g/mol. The zero-order valence-electron chi connectivity index (χ0n) is 21.2. The van der Waals surface area contributed by atoms with Gasteiger partial charge in [-0.25, -0.2) is 0 Å². The maximum atomic E-state index is 12.9. The Kier molecular flexibility index (Phi) is 10.6. The first-order valence-corrected chi connectivity index (χ1v) is 12.8. The number of carbonyl (C=O) groups is 2. The third kappa shape index (κ3) is 9.02. The Balaban J connectivity index is 1.49. The summed E-state index contributed by atoms with van der Waals surface area (Å²) in [6, 6.07) is 18.5. The lowest BCUT2D eigenvalue weighted by molar-refractivity contribution is -0.142. The summed E-state index contributed by atoms with van der Waals surface area (Å²) in [6.07, 6.45) is 6.67. The van der Waals surface area contributed by atoms with Crippen molar-refractivity contribution in [1.82, 2.24) is 9.80 Å². The van der Waals surface area contributed by atoms with Crippen LogP contribution in [0.4, 0.5) is 0 Å². The lowest BCUT2D eigenvalue weighted by atomic mass is 10.0. The van der Waals surface area contributed by atoms with Crippen LogP contribution in [0, 0.1) is 5.92 Å². The van der Waals surface area contributed by atoms with E-state index in [1.165, 1.54) is 17.5 Å². The third-order valence-electron chi connectivity index (χ3n) is 6.69. The SMILES string of the molecule is CN(C)CCCCc1ccc(OC[C@@H]2C[C@@H](CC(=O)O)C(=O)N2CCCCc2ccccc2)cc1. The predicted octanol–water partition coefficient (Wildman–Crippen LogP) is 4.66. The van der Waals surface area contributed by atoms with Crippen molar-refractivity contribution in [1.29, 1.82) is 0 Å². The minimum atomic E-state index is -0.921. The fraction of sp³-hybridized carbons (Fsp3) is 0.517. The fourth-order valence-corrected chi connectivity index (χ4v) is 4.76. The highest BCUT2D eigenvalue weighted by atomic mass is 16.5. The monoisotopic (exact) mass is 480 g/mol. The highest BCUT2D eigenvalue weighted by Gasteiger charge is 2.40. The number of nitrogens with zero attached hydrogens (tertiary/aromatic N) is 2. The van der Waals surface area contributed by atoms with Gasteiger partial charge in [-0.05, 0) is 88.8 Å². The molecule has 1 heterocycles.